The van der Waals surface area contributed by atoms with Crippen molar-refractivity contribution in [2.75, 3.05) is 0 Å². The summed E-state index contributed by atoms with van der Waals surface area (Å²) in [6.45, 7) is 0. The molecule has 3 heterocycles. The van der Waals surface area contributed by atoms with Gasteiger partial charge in [0.1, 0.15) is 5.76 Å². The fraction of sp³-hybridized carbons (Fsp3) is 0. The molecule has 0 spiro atoms. The van der Waals surface area contributed by atoms with Crippen LogP contribution in [0, 0.1) is 0 Å². The van der Waals surface area contributed by atoms with Crippen LogP contribution in [0.1, 0.15) is 5.76 Å². The molecule has 0 unspecified atom stereocenters. The number of rotatable bonds is 5. The van der Waals surface area contributed by atoms with Crippen LogP contribution in [0.2, 0.25) is 0 Å². The maximum atomic E-state index is 6.34. The van der Waals surface area contributed by atoms with Gasteiger partial charge in [-0.3, -0.25) is 0 Å². The van der Waals surface area contributed by atoms with Gasteiger partial charge < -0.3 is 14.7 Å². The average molecular weight is 556 g/mol. The second kappa shape index (κ2) is 10.1. The summed E-state index contributed by atoms with van der Waals surface area (Å²) in [6.07, 6.45) is 3.27. The van der Waals surface area contributed by atoms with Crippen molar-refractivity contribution >= 4 is 38.9 Å². The van der Waals surface area contributed by atoms with Gasteiger partial charge in [0.15, 0.2) is 23.1 Å². The molecule has 0 aliphatic rings. The molecule has 2 N–H and O–H groups in total. The van der Waals surface area contributed by atoms with E-state index in [1.54, 1.807) is 6.08 Å². The van der Waals surface area contributed by atoms with Crippen LogP contribution in [0.3, 0.4) is 0 Å². The maximum absolute atomic E-state index is 6.34. The first kappa shape index (κ1) is 24.8. The monoisotopic (exact) mass is 555 g/mol. The lowest BCUT2D eigenvalue weighted by Gasteiger charge is -2.11. The molecule has 0 bridgehead atoms. The van der Waals surface area contributed by atoms with E-state index in [4.69, 9.17) is 25.1 Å². The summed E-state index contributed by atoms with van der Waals surface area (Å²) in [7, 11) is 0. The first-order valence-corrected chi connectivity index (χ1v) is 14.1. The summed E-state index contributed by atoms with van der Waals surface area (Å²) in [6, 6.07) is 43.1. The van der Waals surface area contributed by atoms with E-state index in [-0.39, 0.29) is 0 Å². The molecular formula is C37H25N5O. The fourth-order valence-corrected chi connectivity index (χ4v) is 5.73. The summed E-state index contributed by atoms with van der Waals surface area (Å²) in [5.74, 6) is 2.57. The quantitative estimate of drug-likeness (QED) is 0.230. The second-order valence-electron chi connectivity index (χ2n) is 10.3. The highest BCUT2D eigenvalue weighted by atomic mass is 16.3. The van der Waals surface area contributed by atoms with E-state index in [1.165, 1.54) is 6.20 Å². The number of nitrogens with two attached hydrogens (primary N) is 1. The molecule has 43 heavy (non-hydrogen) atoms. The van der Waals surface area contributed by atoms with Gasteiger partial charge in [-0.25, -0.2) is 15.0 Å². The number of hydrogen-bond acceptors (Lipinski definition) is 5. The number of hydrogen-bond donors (Lipinski definition) is 1. The van der Waals surface area contributed by atoms with Gasteiger partial charge >= 0.3 is 0 Å². The molecule has 8 aromatic rings. The van der Waals surface area contributed by atoms with Gasteiger partial charge in [-0.15, -0.1) is 0 Å². The van der Waals surface area contributed by atoms with Crippen molar-refractivity contribution in [2.45, 2.75) is 0 Å². The highest BCUT2D eigenvalue weighted by Crippen LogP contribution is 2.38. The average Bonchev–Trinajstić information content (AvgIpc) is 3.64. The minimum atomic E-state index is 0.605. The fourth-order valence-electron chi connectivity index (χ4n) is 5.73. The van der Waals surface area contributed by atoms with Crippen molar-refractivity contribution in [1.82, 2.24) is 19.5 Å². The molecule has 0 atom stereocenters. The third-order valence-electron chi connectivity index (χ3n) is 7.66. The molecule has 3 aromatic heterocycles. The standard InChI is InChI=1S/C37H25N5O/c38-21-20-29-23-26-18-19-31-30-16-7-8-17-32(30)42(33(31)34(26)43-29)28-15-9-14-27(22-28)37-40-35(24-10-3-1-4-11-24)39-36(41-37)25-12-5-2-6-13-25/h1-23H,38H2/b21-20-. The Kier molecular flexibility index (Phi) is 5.83. The number of fused-ring (bicyclic) bond motifs is 5. The third-order valence-corrected chi connectivity index (χ3v) is 7.66. The zero-order chi connectivity index (χ0) is 28.8. The lowest BCUT2D eigenvalue weighted by Crippen LogP contribution is -2.01. The molecule has 0 saturated carbocycles. The summed E-state index contributed by atoms with van der Waals surface area (Å²) in [4.78, 5) is 14.8. The Morgan fingerprint density at radius 3 is 1.91 bits per heavy atom. The van der Waals surface area contributed by atoms with Crippen LogP contribution >= 0.6 is 0 Å². The summed E-state index contributed by atoms with van der Waals surface area (Å²) >= 11 is 0. The zero-order valence-corrected chi connectivity index (χ0v) is 23.1. The molecule has 0 saturated heterocycles. The first-order valence-electron chi connectivity index (χ1n) is 14.1. The molecule has 6 nitrogen and oxygen atoms in total. The van der Waals surface area contributed by atoms with E-state index >= 15 is 0 Å². The molecule has 0 aliphatic heterocycles. The summed E-state index contributed by atoms with van der Waals surface area (Å²) < 4.78 is 8.59. The predicted octanol–water partition coefficient (Wildman–Crippen LogP) is 8.65. The van der Waals surface area contributed by atoms with Crippen LogP contribution in [-0.2, 0) is 0 Å². The highest BCUT2D eigenvalue weighted by molar-refractivity contribution is 6.17. The Morgan fingerprint density at radius 2 is 1.21 bits per heavy atom. The predicted molar refractivity (Wildman–Crippen MR) is 173 cm³/mol. The van der Waals surface area contributed by atoms with Crippen molar-refractivity contribution in [3.63, 3.8) is 0 Å². The number of aromatic nitrogens is 4. The van der Waals surface area contributed by atoms with Crippen LogP contribution < -0.4 is 5.73 Å². The van der Waals surface area contributed by atoms with Crippen LogP contribution in [0.5, 0.6) is 0 Å². The zero-order valence-electron chi connectivity index (χ0n) is 23.1. The largest absolute Gasteiger partial charge is 0.454 e. The van der Waals surface area contributed by atoms with E-state index in [0.29, 0.717) is 23.2 Å². The minimum absolute atomic E-state index is 0.605. The van der Waals surface area contributed by atoms with E-state index in [9.17, 15) is 0 Å². The van der Waals surface area contributed by atoms with Crippen molar-refractivity contribution < 1.29 is 4.42 Å². The molecule has 5 aromatic carbocycles. The van der Waals surface area contributed by atoms with E-state index in [1.807, 2.05) is 78.9 Å². The number of furan rings is 1. The Bertz CT molecular complexity index is 2240. The molecular weight excluding hydrogens is 530 g/mol. The topological polar surface area (TPSA) is 82.8 Å². The molecule has 0 fully saturated rings. The molecule has 6 heteroatoms. The Balaban J connectivity index is 1.37. The second-order valence-corrected chi connectivity index (χ2v) is 10.3. The highest BCUT2D eigenvalue weighted by Gasteiger charge is 2.19. The minimum Gasteiger partial charge on any atom is -0.454 e. The van der Waals surface area contributed by atoms with Crippen molar-refractivity contribution in [3.8, 4) is 39.9 Å². The maximum Gasteiger partial charge on any atom is 0.164 e. The Morgan fingerprint density at radius 1 is 0.581 bits per heavy atom. The Hall–Kier alpha value is -6.01. The lowest BCUT2D eigenvalue weighted by molar-refractivity contribution is 0.606. The van der Waals surface area contributed by atoms with Gasteiger partial charge in [0.25, 0.3) is 0 Å². The van der Waals surface area contributed by atoms with E-state index < -0.39 is 0 Å². The van der Waals surface area contributed by atoms with Crippen LogP contribution in [0.15, 0.2) is 138 Å². The molecule has 0 amide bonds. The molecule has 0 aliphatic carbocycles. The van der Waals surface area contributed by atoms with Crippen LogP contribution in [0.4, 0.5) is 0 Å². The van der Waals surface area contributed by atoms with Crippen LogP contribution in [-0.4, -0.2) is 19.5 Å². The lowest BCUT2D eigenvalue weighted by atomic mass is 10.1. The number of nitrogens with zero attached hydrogens (tertiary/aromatic N) is 4. The van der Waals surface area contributed by atoms with Gasteiger partial charge in [-0.2, -0.15) is 0 Å². The summed E-state index contributed by atoms with van der Waals surface area (Å²) in [5, 5.41) is 3.28. The summed E-state index contributed by atoms with van der Waals surface area (Å²) in [5.41, 5.74) is 12.3. The molecule has 204 valence electrons. The SMILES string of the molecule is N/C=C\c1cc2ccc3c4ccccc4n(-c4cccc(-c5nc(-c6ccccc6)nc(-c6ccccc6)n5)c4)c3c2o1. The van der Waals surface area contributed by atoms with Crippen molar-refractivity contribution in [1.29, 1.82) is 0 Å². The normalized spacial score (nSPS) is 11.7. The van der Waals surface area contributed by atoms with E-state index in [2.05, 4.69) is 53.1 Å². The molecule has 8 rings (SSSR count). The number of benzene rings is 5. The van der Waals surface area contributed by atoms with Crippen molar-refractivity contribution in [2.24, 2.45) is 5.73 Å². The smallest absolute Gasteiger partial charge is 0.164 e. The molecule has 0 radical (unpaired) electrons. The third kappa shape index (κ3) is 4.24. The van der Waals surface area contributed by atoms with Gasteiger partial charge in [0.05, 0.1) is 11.0 Å². The van der Waals surface area contributed by atoms with Crippen LogP contribution in [0.25, 0.3) is 78.7 Å². The van der Waals surface area contributed by atoms with E-state index in [0.717, 1.165) is 55.2 Å². The first-order chi connectivity index (χ1) is 21.3. The van der Waals surface area contributed by atoms with Gasteiger partial charge in [0, 0.05) is 38.5 Å². The Labute approximate surface area is 247 Å². The van der Waals surface area contributed by atoms with Gasteiger partial charge in [-0.05, 0) is 36.5 Å². The van der Waals surface area contributed by atoms with Gasteiger partial charge in [-0.1, -0.05) is 103 Å². The van der Waals surface area contributed by atoms with Crippen molar-refractivity contribution in [3.05, 3.63) is 139 Å². The van der Waals surface area contributed by atoms with Gasteiger partial charge in [0.2, 0.25) is 0 Å². The number of para-hydroxylation sites is 1.